The fourth-order valence-electron chi connectivity index (χ4n) is 2.42. The molecule has 3 N–H and O–H groups in total. The van der Waals surface area contributed by atoms with Crippen LogP contribution in [0.3, 0.4) is 0 Å². The third-order valence-corrected chi connectivity index (χ3v) is 3.90. The monoisotopic (exact) mass is 339 g/mol. The molecule has 0 aliphatic carbocycles. The van der Waals surface area contributed by atoms with Crippen molar-refractivity contribution in [1.82, 2.24) is 4.90 Å². The lowest BCUT2D eigenvalue weighted by Gasteiger charge is -2.37. The van der Waals surface area contributed by atoms with Crippen LogP contribution in [0.1, 0.15) is 58.8 Å². The minimum atomic E-state index is -0.704. The Bertz CT molecular complexity index is 517. The summed E-state index contributed by atoms with van der Waals surface area (Å²) in [6, 6.07) is 4.84. The van der Waals surface area contributed by atoms with Gasteiger partial charge in [-0.25, -0.2) is 0 Å². The molecule has 0 spiro atoms. The number of ether oxygens (including phenoxy) is 1. The molecule has 0 amide bonds. The highest BCUT2D eigenvalue weighted by Crippen LogP contribution is 2.25. The van der Waals surface area contributed by atoms with Crippen molar-refractivity contribution in [3.05, 3.63) is 29.3 Å². The van der Waals surface area contributed by atoms with E-state index < -0.39 is 6.10 Å². The van der Waals surface area contributed by atoms with E-state index in [-0.39, 0.29) is 23.5 Å². The van der Waals surface area contributed by atoms with Gasteiger partial charge in [0.1, 0.15) is 5.75 Å². The maximum atomic E-state index is 10.6. The lowest BCUT2D eigenvalue weighted by Crippen LogP contribution is -2.46. The van der Waals surface area contributed by atoms with Gasteiger partial charge in [-0.15, -0.1) is 0 Å². The Morgan fingerprint density at radius 2 is 1.75 bits per heavy atom. The quantitative estimate of drug-likeness (QED) is 0.712. The van der Waals surface area contributed by atoms with Gasteiger partial charge in [0.2, 0.25) is 0 Å². The van der Waals surface area contributed by atoms with Crippen LogP contribution in [0.5, 0.6) is 5.75 Å². The van der Waals surface area contributed by atoms with Crippen LogP contribution in [0.15, 0.2) is 18.2 Å². The molecule has 1 aromatic rings. The van der Waals surface area contributed by atoms with Gasteiger partial charge in [-0.3, -0.25) is 4.90 Å². The zero-order valence-electron chi connectivity index (χ0n) is 15.8. The predicted octanol–water partition coefficient (Wildman–Crippen LogP) is 2.83. The van der Waals surface area contributed by atoms with Crippen LogP contribution < -0.4 is 0 Å². The maximum Gasteiger partial charge on any atom is 0.121 e. The minimum absolute atomic E-state index is 0.0414. The van der Waals surface area contributed by atoms with Gasteiger partial charge in [0.25, 0.3) is 0 Å². The Balaban J connectivity index is 2.79. The van der Waals surface area contributed by atoms with E-state index in [2.05, 4.69) is 25.7 Å². The lowest BCUT2D eigenvalue weighted by atomic mass is 10.0. The average molecular weight is 339 g/mol. The highest BCUT2D eigenvalue weighted by molar-refractivity contribution is 5.36. The molecule has 0 bridgehead atoms. The van der Waals surface area contributed by atoms with Gasteiger partial charge in [-0.05, 0) is 59.2 Å². The van der Waals surface area contributed by atoms with Gasteiger partial charge in [-0.2, -0.15) is 0 Å². The molecule has 0 aliphatic heterocycles. The summed E-state index contributed by atoms with van der Waals surface area (Å²) in [5, 5.41) is 29.5. The standard InChI is InChI=1S/C19H33NO4/c1-18(2,3)20(9-10-24-19(4,5)6)12-17(23)14-7-8-16(22)15(11-14)13-21/h7-8,11,17,21-23H,9-10,12-13H2,1-6H3. The van der Waals surface area contributed by atoms with E-state index in [9.17, 15) is 15.3 Å². The van der Waals surface area contributed by atoms with Crippen molar-refractivity contribution in [1.29, 1.82) is 0 Å². The number of β-amino-alcohol motifs (C(OH)–C–C–N with tert-alkyl or cyclic N) is 1. The molecule has 0 saturated heterocycles. The maximum absolute atomic E-state index is 10.6. The van der Waals surface area contributed by atoms with Crippen molar-refractivity contribution < 1.29 is 20.1 Å². The first-order valence-electron chi connectivity index (χ1n) is 8.44. The van der Waals surface area contributed by atoms with Crippen molar-refractivity contribution in [3.63, 3.8) is 0 Å². The van der Waals surface area contributed by atoms with E-state index in [1.165, 1.54) is 6.07 Å². The number of aromatic hydroxyl groups is 1. The Labute approximate surface area is 145 Å². The van der Waals surface area contributed by atoms with E-state index in [0.717, 1.165) is 0 Å². The summed E-state index contributed by atoms with van der Waals surface area (Å²) in [4.78, 5) is 2.18. The molecule has 5 heteroatoms. The van der Waals surface area contributed by atoms with E-state index in [1.807, 2.05) is 20.8 Å². The van der Waals surface area contributed by atoms with Crippen molar-refractivity contribution in [2.75, 3.05) is 19.7 Å². The largest absolute Gasteiger partial charge is 0.508 e. The zero-order chi connectivity index (χ0) is 18.5. The topological polar surface area (TPSA) is 73.2 Å². The second-order valence-electron chi connectivity index (χ2n) is 8.14. The van der Waals surface area contributed by atoms with Gasteiger partial charge in [0.05, 0.1) is 24.9 Å². The molecular formula is C19H33NO4. The first-order chi connectivity index (χ1) is 10.9. The Hall–Kier alpha value is -1.14. The smallest absolute Gasteiger partial charge is 0.121 e. The summed E-state index contributed by atoms with van der Waals surface area (Å²) in [5.74, 6) is 0.0414. The number of aliphatic hydroxyl groups excluding tert-OH is 2. The predicted molar refractivity (Wildman–Crippen MR) is 96.0 cm³/mol. The molecule has 0 aliphatic rings. The first-order valence-corrected chi connectivity index (χ1v) is 8.44. The fourth-order valence-corrected chi connectivity index (χ4v) is 2.42. The summed E-state index contributed by atoms with van der Waals surface area (Å²) in [5.41, 5.74) is 0.807. The summed E-state index contributed by atoms with van der Waals surface area (Å²) in [6.07, 6.45) is -0.704. The molecule has 1 rings (SSSR count). The molecule has 1 atom stereocenters. The van der Waals surface area contributed by atoms with Crippen LogP contribution in [0, 0.1) is 0 Å². The fraction of sp³-hybridized carbons (Fsp3) is 0.684. The number of phenols is 1. The SMILES string of the molecule is CC(C)(C)OCCN(CC(O)c1ccc(O)c(CO)c1)C(C)(C)C. The van der Waals surface area contributed by atoms with Gasteiger partial charge < -0.3 is 20.1 Å². The van der Waals surface area contributed by atoms with E-state index in [0.29, 0.717) is 30.8 Å². The molecule has 1 aromatic carbocycles. The normalized spacial score (nSPS) is 14.2. The second-order valence-corrected chi connectivity index (χ2v) is 8.14. The van der Waals surface area contributed by atoms with Gasteiger partial charge in [-0.1, -0.05) is 6.07 Å². The number of nitrogens with zero attached hydrogens (tertiary/aromatic N) is 1. The van der Waals surface area contributed by atoms with Crippen molar-refractivity contribution in [2.45, 2.75) is 65.4 Å². The summed E-state index contributed by atoms with van der Waals surface area (Å²) in [6.45, 7) is 13.9. The molecule has 24 heavy (non-hydrogen) atoms. The number of aliphatic hydroxyl groups is 2. The molecule has 0 aromatic heterocycles. The molecule has 0 heterocycles. The van der Waals surface area contributed by atoms with Crippen molar-refractivity contribution in [3.8, 4) is 5.75 Å². The highest BCUT2D eigenvalue weighted by Gasteiger charge is 2.25. The molecule has 0 radical (unpaired) electrons. The highest BCUT2D eigenvalue weighted by atomic mass is 16.5. The zero-order valence-corrected chi connectivity index (χ0v) is 15.8. The first kappa shape index (κ1) is 20.9. The number of rotatable bonds is 7. The Morgan fingerprint density at radius 3 is 2.25 bits per heavy atom. The number of hydrogen-bond donors (Lipinski definition) is 3. The summed E-state index contributed by atoms with van der Waals surface area (Å²) in [7, 11) is 0. The van der Waals surface area contributed by atoms with E-state index >= 15 is 0 Å². The van der Waals surface area contributed by atoms with Crippen LogP contribution in [0.2, 0.25) is 0 Å². The van der Waals surface area contributed by atoms with Gasteiger partial charge in [0.15, 0.2) is 0 Å². The Kier molecular flexibility index (Phi) is 7.23. The third kappa shape index (κ3) is 6.77. The molecule has 1 unspecified atom stereocenters. The van der Waals surface area contributed by atoms with Crippen LogP contribution in [0.25, 0.3) is 0 Å². The molecule has 5 nitrogen and oxygen atoms in total. The third-order valence-electron chi connectivity index (χ3n) is 3.90. The van der Waals surface area contributed by atoms with Crippen LogP contribution in [-0.2, 0) is 11.3 Å². The number of hydrogen-bond acceptors (Lipinski definition) is 5. The minimum Gasteiger partial charge on any atom is -0.508 e. The van der Waals surface area contributed by atoms with Crippen molar-refractivity contribution >= 4 is 0 Å². The lowest BCUT2D eigenvalue weighted by molar-refractivity contribution is -0.0315. The van der Waals surface area contributed by atoms with Crippen molar-refractivity contribution in [2.24, 2.45) is 0 Å². The summed E-state index contributed by atoms with van der Waals surface area (Å²) < 4.78 is 5.81. The van der Waals surface area contributed by atoms with E-state index in [4.69, 9.17) is 4.74 Å². The summed E-state index contributed by atoms with van der Waals surface area (Å²) >= 11 is 0. The average Bonchev–Trinajstić information content (AvgIpc) is 2.44. The van der Waals surface area contributed by atoms with Gasteiger partial charge in [0, 0.05) is 24.2 Å². The molecule has 138 valence electrons. The van der Waals surface area contributed by atoms with E-state index in [1.54, 1.807) is 12.1 Å². The second kappa shape index (κ2) is 8.30. The molecule has 0 fully saturated rings. The van der Waals surface area contributed by atoms with Crippen LogP contribution in [-0.4, -0.2) is 51.1 Å². The van der Waals surface area contributed by atoms with Gasteiger partial charge >= 0.3 is 0 Å². The van der Waals surface area contributed by atoms with Crippen LogP contribution >= 0.6 is 0 Å². The molecular weight excluding hydrogens is 306 g/mol. The Morgan fingerprint density at radius 1 is 1.12 bits per heavy atom. The number of benzene rings is 1. The molecule has 0 saturated carbocycles. The van der Waals surface area contributed by atoms with Crippen LogP contribution in [0.4, 0.5) is 0 Å².